The Morgan fingerprint density at radius 3 is 2.71 bits per heavy atom. The van der Waals surface area contributed by atoms with Gasteiger partial charge in [0.05, 0.1) is 0 Å². The second-order valence-corrected chi connectivity index (χ2v) is 4.54. The van der Waals surface area contributed by atoms with Crippen LogP contribution in [-0.2, 0) is 0 Å². The standard InChI is InChI=1S/C13H19N3O/c1-11(16-8-2-3-9-16)10-15-13(17)12-4-6-14-7-5-12/h4-7,11H,2-3,8-10H2,1H3,(H,15,17)/t11-/m1/s1. The van der Waals surface area contributed by atoms with Crippen LogP contribution in [-0.4, -0.2) is 41.5 Å². The third-order valence-electron chi connectivity index (χ3n) is 3.26. The molecule has 1 atom stereocenters. The zero-order valence-corrected chi connectivity index (χ0v) is 10.2. The average molecular weight is 233 g/mol. The molecule has 1 saturated heterocycles. The molecular weight excluding hydrogens is 214 g/mol. The summed E-state index contributed by atoms with van der Waals surface area (Å²) < 4.78 is 0. The minimum Gasteiger partial charge on any atom is -0.350 e. The smallest absolute Gasteiger partial charge is 0.251 e. The van der Waals surface area contributed by atoms with E-state index in [0.29, 0.717) is 18.2 Å². The van der Waals surface area contributed by atoms with Crippen molar-refractivity contribution < 1.29 is 4.79 Å². The Morgan fingerprint density at radius 2 is 2.06 bits per heavy atom. The number of amides is 1. The summed E-state index contributed by atoms with van der Waals surface area (Å²) in [6.07, 6.45) is 5.84. The first-order valence-corrected chi connectivity index (χ1v) is 6.19. The Kier molecular flexibility index (Phi) is 4.09. The highest BCUT2D eigenvalue weighted by atomic mass is 16.1. The van der Waals surface area contributed by atoms with Crippen LogP contribution in [0, 0.1) is 0 Å². The molecule has 0 unspecified atom stereocenters. The predicted octanol–water partition coefficient (Wildman–Crippen LogP) is 1.30. The summed E-state index contributed by atoms with van der Waals surface area (Å²) in [7, 11) is 0. The van der Waals surface area contributed by atoms with Gasteiger partial charge in [-0.3, -0.25) is 14.7 Å². The van der Waals surface area contributed by atoms with Crippen molar-refractivity contribution in [2.75, 3.05) is 19.6 Å². The molecule has 0 radical (unpaired) electrons. The second-order valence-electron chi connectivity index (χ2n) is 4.54. The van der Waals surface area contributed by atoms with E-state index in [1.54, 1.807) is 24.5 Å². The summed E-state index contributed by atoms with van der Waals surface area (Å²) in [5.74, 6) is -0.0153. The maximum absolute atomic E-state index is 11.8. The lowest BCUT2D eigenvalue weighted by Crippen LogP contribution is -2.40. The maximum atomic E-state index is 11.8. The zero-order valence-electron chi connectivity index (χ0n) is 10.2. The first kappa shape index (κ1) is 12.0. The highest BCUT2D eigenvalue weighted by molar-refractivity contribution is 5.93. The highest BCUT2D eigenvalue weighted by Crippen LogP contribution is 2.10. The molecule has 17 heavy (non-hydrogen) atoms. The summed E-state index contributed by atoms with van der Waals surface area (Å²) in [5, 5.41) is 2.97. The Labute approximate surface area is 102 Å². The number of nitrogens with one attached hydrogen (secondary N) is 1. The van der Waals surface area contributed by atoms with Gasteiger partial charge in [0.2, 0.25) is 0 Å². The highest BCUT2D eigenvalue weighted by Gasteiger charge is 2.18. The third-order valence-corrected chi connectivity index (χ3v) is 3.26. The van der Waals surface area contributed by atoms with Crippen molar-refractivity contribution in [3.8, 4) is 0 Å². The largest absolute Gasteiger partial charge is 0.350 e. The summed E-state index contributed by atoms with van der Waals surface area (Å²) >= 11 is 0. The number of pyridine rings is 1. The molecule has 0 spiro atoms. The van der Waals surface area contributed by atoms with Crippen molar-refractivity contribution in [3.63, 3.8) is 0 Å². The van der Waals surface area contributed by atoms with Gasteiger partial charge in [0.25, 0.3) is 5.91 Å². The number of rotatable bonds is 4. The fraction of sp³-hybridized carbons (Fsp3) is 0.538. The van der Waals surface area contributed by atoms with Crippen molar-refractivity contribution in [1.82, 2.24) is 15.2 Å². The molecular formula is C13H19N3O. The van der Waals surface area contributed by atoms with Gasteiger partial charge < -0.3 is 5.32 Å². The lowest BCUT2D eigenvalue weighted by atomic mass is 10.2. The van der Waals surface area contributed by atoms with E-state index in [2.05, 4.69) is 22.1 Å². The maximum Gasteiger partial charge on any atom is 0.251 e. The quantitative estimate of drug-likeness (QED) is 0.852. The average Bonchev–Trinajstić information content (AvgIpc) is 2.90. The van der Waals surface area contributed by atoms with Gasteiger partial charge in [-0.1, -0.05) is 0 Å². The van der Waals surface area contributed by atoms with E-state index >= 15 is 0 Å². The van der Waals surface area contributed by atoms with Crippen molar-refractivity contribution in [3.05, 3.63) is 30.1 Å². The molecule has 1 aliphatic rings. The Hall–Kier alpha value is -1.42. The lowest BCUT2D eigenvalue weighted by molar-refractivity contribution is 0.0940. The van der Waals surface area contributed by atoms with Crippen molar-refractivity contribution in [2.24, 2.45) is 0 Å². The van der Waals surface area contributed by atoms with Crippen LogP contribution < -0.4 is 5.32 Å². The number of aromatic nitrogens is 1. The van der Waals surface area contributed by atoms with Gasteiger partial charge in [-0.15, -0.1) is 0 Å². The fourth-order valence-electron chi connectivity index (χ4n) is 2.16. The fourth-order valence-corrected chi connectivity index (χ4v) is 2.16. The number of carbonyl (C=O) groups is 1. The molecule has 1 amide bonds. The van der Waals surface area contributed by atoms with Gasteiger partial charge in [0.15, 0.2) is 0 Å². The Balaban J connectivity index is 1.80. The summed E-state index contributed by atoms with van der Waals surface area (Å²) in [5.41, 5.74) is 0.675. The molecule has 4 nitrogen and oxygen atoms in total. The minimum absolute atomic E-state index is 0.0153. The van der Waals surface area contributed by atoms with E-state index in [1.807, 2.05) is 0 Å². The SMILES string of the molecule is C[C@H](CNC(=O)c1ccncc1)N1CCCC1. The Bertz CT molecular complexity index is 360. The molecule has 4 heteroatoms. The van der Waals surface area contributed by atoms with Crippen molar-refractivity contribution >= 4 is 5.91 Å². The number of hydrogen-bond donors (Lipinski definition) is 1. The van der Waals surface area contributed by atoms with E-state index in [-0.39, 0.29) is 5.91 Å². The van der Waals surface area contributed by atoms with Crippen LogP contribution in [0.4, 0.5) is 0 Å². The summed E-state index contributed by atoms with van der Waals surface area (Å²) in [6, 6.07) is 3.88. The topological polar surface area (TPSA) is 45.2 Å². The zero-order chi connectivity index (χ0) is 12.1. The van der Waals surface area contributed by atoms with E-state index in [4.69, 9.17) is 0 Å². The molecule has 1 aromatic heterocycles. The van der Waals surface area contributed by atoms with E-state index in [1.165, 1.54) is 12.8 Å². The molecule has 2 heterocycles. The molecule has 0 aromatic carbocycles. The number of likely N-dealkylation sites (tertiary alicyclic amines) is 1. The van der Waals surface area contributed by atoms with E-state index < -0.39 is 0 Å². The van der Waals surface area contributed by atoms with Crippen molar-refractivity contribution in [2.45, 2.75) is 25.8 Å². The van der Waals surface area contributed by atoms with Crippen LogP contribution in [0.3, 0.4) is 0 Å². The van der Waals surface area contributed by atoms with Crippen LogP contribution in [0.2, 0.25) is 0 Å². The minimum atomic E-state index is -0.0153. The first-order chi connectivity index (χ1) is 8.27. The molecule has 1 fully saturated rings. The number of nitrogens with zero attached hydrogens (tertiary/aromatic N) is 2. The molecule has 2 rings (SSSR count). The molecule has 0 saturated carbocycles. The predicted molar refractivity (Wildman–Crippen MR) is 66.8 cm³/mol. The normalized spacial score (nSPS) is 17.9. The van der Waals surface area contributed by atoms with E-state index in [0.717, 1.165) is 13.1 Å². The van der Waals surface area contributed by atoms with E-state index in [9.17, 15) is 4.79 Å². The third kappa shape index (κ3) is 3.27. The molecule has 0 aliphatic carbocycles. The summed E-state index contributed by atoms with van der Waals surface area (Å²) in [6.45, 7) is 5.19. The molecule has 1 aromatic rings. The van der Waals surface area contributed by atoms with Gasteiger partial charge in [-0.25, -0.2) is 0 Å². The van der Waals surface area contributed by atoms with Crippen LogP contribution in [0.15, 0.2) is 24.5 Å². The number of hydrogen-bond acceptors (Lipinski definition) is 3. The second kappa shape index (κ2) is 5.77. The Morgan fingerprint density at radius 1 is 1.41 bits per heavy atom. The monoisotopic (exact) mass is 233 g/mol. The summed E-state index contributed by atoms with van der Waals surface area (Å²) in [4.78, 5) is 18.1. The van der Waals surface area contributed by atoms with Gasteiger partial charge >= 0.3 is 0 Å². The van der Waals surface area contributed by atoms with Crippen LogP contribution in [0.1, 0.15) is 30.1 Å². The van der Waals surface area contributed by atoms with Gasteiger partial charge in [-0.05, 0) is 45.0 Å². The van der Waals surface area contributed by atoms with Crippen LogP contribution >= 0.6 is 0 Å². The molecule has 1 N–H and O–H groups in total. The first-order valence-electron chi connectivity index (χ1n) is 6.19. The molecule has 0 bridgehead atoms. The van der Waals surface area contributed by atoms with Gasteiger partial charge in [0, 0.05) is 30.5 Å². The number of carbonyl (C=O) groups excluding carboxylic acids is 1. The van der Waals surface area contributed by atoms with Crippen LogP contribution in [0.5, 0.6) is 0 Å². The molecule has 1 aliphatic heterocycles. The lowest BCUT2D eigenvalue weighted by Gasteiger charge is -2.23. The van der Waals surface area contributed by atoms with Gasteiger partial charge in [-0.2, -0.15) is 0 Å². The van der Waals surface area contributed by atoms with Gasteiger partial charge in [0.1, 0.15) is 0 Å². The molecule has 92 valence electrons. The van der Waals surface area contributed by atoms with Crippen molar-refractivity contribution in [1.29, 1.82) is 0 Å². The van der Waals surface area contributed by atoms with Crippen LogP contribution in [0.25, 0.3) is 0 Å².